The van der Waals surface area contributed by atoms with Gasteiger partial charge in [0.2, 0.25) is 5.91 Å². The van der Waals surface area contributed by atoms with E-state index in [-0.39, 0.29) is 5.91 Å². The number of carbonyl (C=O) groups is 1. The van der Waals surface area contributed by atoms with Crippen molar-refractivity contribution < 1.29 is 4.79 Å². The number of aromatic nitrogens is 1. The average molecular weight is 307 g/mol. The fraction of sp³-hybridized carbons (Fsp3) is 0.286. The number of anilines is 1. The summed E-state index contributed by atoms with van der Waals surface area (Å²) in [6.07, 6.45) is 0.376. The summed E-state index contributed by atoms with van der Waals surface area (Å²) in [6.45, 7) is 0. The monoisotopic (exact) mass is 307 g/mol. The van der Waals surface area contributed by atoms with E-state index >= 15 is 0 Å². The summed E-state index contributed by atoms with van der Waals surface area (Å²) in [7, 11) is 3.51. The Morgan fingerprint density at radius 2 is 2.25 bits per heavy atom. The fourth-order valence-corrected chi connectivity index (χ4v) is 3.29. The standard InChI is InChI=1S/C14H17N3OS2/c1-17(2)14(18)7-13-16-11(9-20-13)8-19-12-5-3-4-10(15)6-12/h3-6,9H,7-8,15H2,1-2H3. The smallest absolute Gasteiger partial charge is 0.228 e. The van der Waals surface area contributed by atoms with Crippen LogP contribution in [0.15, 0.2) is 34.5 Å². The molecule has 4 nitrogen and oxygen atoms in total. The number of likely N-dealkylation sites (N-methyl/N-ethyl adjacent to an activating group) is 1. The lowest BCUT2D eigenvalue weighted by Crippen LogP contribution is -2.23. The van der Waals surface area contributed by atoms with Crippen LogP contribution in [0.1, 0.15) is 10.7 Å². The van der Waals surface area contributed by atoms with Crippen molar-refractivity contribution in [1.82, 2.24) is 9.88 Å². The minimum absolute atomic E-state index is 0.0781. The van der Waals surface area contributed by atoms with Crippen LogP contribution in [0.3, 0.4) is 0 Å². The van der Waals surface area contributed by atoms with Crippen molar-refractivity contribution in [3.63, 3.8) is 0 Å². The van der Waals surface area contributed by atoms with Crippen LogP contribution in [0.4, 0.5) is 5.69 Å². The van der Waals surface area contributed by atoms with E-state index in [4.69, 9.17) is 5.73 Å². The highest BCUT2D eigenvalue weighted by Gasteiger charge is 2.09. The summed E-state index contributed by atoms with van der Waals surface area (Å²) in [4.78, 5) is 18.8. The van der Waals surface area contributed by atoms with Gasteiger partial charge in [-0.1, -0.05) is 6.07 Å². The third-order valence-corrected chi connectivity index (χ3v) is 4.57. The number of nitrogens with two attached hydrogens (primary N) is 1. The summed E-state index contributed by atoms with van der Waals surface area (Å²) in [5.41, 5.74) is 7.52. The molecule has 0 unspecified atom stereocenters. The summed E-state index contributed by atoms with van der Waals surface area (Å²) < 4.78 is 0. The zero-order valence-electron chi connectivity index (χ0n) is 11.5. The van der Waals surface area contributed by atoms with Crippen molar-refractivity contribution in [2.75, 3.05) is 19.8 Å². The Morgan fingerprint density at radius 3 is 2.95 bits per heavy atom. The van der Waals surface area contributed by atoms with Gasteiger partial charge in [0.15, 0.2) is 0 Å². The first-order valence-corrected chi connectivity index (χ1v) is 8.03. The molecule has 0 fully saturated rings. The summed E-state index contributed by atoms with van der Waals surface area (Å²) in [5.74, 6) is 0.866. The van der Waals surface area contributed by atoms with Gasteiger partial charge in [-0.3, -0.25) is 4.79 Å². The second kappa shape index (κ2) is 6.76. The third-order valence-electron chi connectivity index (χ3n) is 2.65. The Balaban J connectivity index is 1.91. The number of benzene rings is 1. The molecule has 0 bridgehead atoms. The highest BCUT2D eigenvalue weighted by molar-refractivity contribution is 7.98. The van der Waals surface area contributed by atoms with E-state index in [9.17, 15) is 4.79 Å². The Labute approximate surface area is 127 Å². The largest absolute Gasteiger partial charge is 0.399 e. The molecule has 0 spiro atoms. The van der Waals surface area contributed by atoms with Crippen LogP contribution >= 0.6 is 23.1 Å². The molecule has 2 aromatic rings. The van der Waals surface area contributed by atoms with Gasteiger partial charge in [-0.15, -0.1) is 23.1 Å². The molecular formula is C14H17N3OS2. The molecule has 2 rings (SSSR count). The van der Waals surface area contributed by atoms with E-state index in [2.05, 4.69) is 4.98 Å². The maximum Gasteiger partial charge on any atom is 0.228 e. The number of nitrogen functional groups attached to an aromatic ring is 1. The quantitative estimate of drug-likeness (QED) is 0.681. The van der Waals surface area contributed by atoms with E-state index < -0.39 is 0 Å². The molecule has 1 amide bonds. The van der Waals surface area contributed by atoms with E-state index in [1.54, 1.807) is 30.8 Å². The molecule has 0 aliphatic rings. The SMILES string of the molecule is CN(C)C(=O)Cc1nc(CSc2cccc(N)c2)cs1. The zero-order chi connectivity index (χ0) is 14.5. The summed E-state index contributed by atoms with van der Waals surface area (Å²) >= 11 is 3.23. The third kappa shape index (κ3) is 4.25. The predicted octanol–water partition coefficient (Wildman–Crippen LogP) is 2.65. The molecule has 2 N–H and O–H groups in total. The van der Waals surface area contributed by atoms with Gasteiger partial charge in [0.1, 0.15) is 5.01 Å². The molecule has 0 atom stereocenters. The van der Waals surface area contributed by atoms with Crippen molar-refractivity contribution in [1.29, 1.82) is 0 Å². The van der Waals surface area contributed by atoms with Gasteiger partial charge in [0, 0.05) is 35.8 Å². The maximum atomic E-state index is 11.6. The molecule has 1 heterocycles. The number of rotatable bonds is 5. The van der Waals surface area contributed by atoms with Gasteiger partial charge in [-0.05, 0) is 18.2 Å². The fourth-order valence-electron chi connectivity index (χ4n) is 1.55. The first kappa shape index (κ1) is 14.9. The van der Waals surface area contributed by atoms with Crippen molar-refractivity contribution in [2.24, 2.45) is 0 Å². The van der Waals surface area contributed by atoms with Crippen LogP contribution in [0, 0.1) is 0 Å². The first-order chi connectivity index (χ1) is 9.54. The highest BCUT2D eigenvalue weighted by Crippen LogP contribution is 2.25. The first-order valence-electron chi connectivity index (χ1n) is 6.16. The Hall–Kier alpha value is -1.53. The number of hydrogen-bond acceptors (Lipinski definition) is 5. The van der Waals surface area contributed by atoms with Crippen molar-refractivity contribution >= 4 is 34.7 Å². The molecule has 106 valence electrons. The Kier molecular flexibility index (Phi) is 5.03. The second-order valence-electron chi connectivity index (χ2n) is 4.56. The lowest BCUT2D eigenvalue weighted by Gasteiger charge is -2.07. The van der Waals surface area contributed by atoms with E-state index in [0.29, 0.717) is 6.42 Å². The van der Waals surface area contributed by atoms with Crippen molar-refractivity contribution in [2.45, 2.75) is 17.1 Å². The molecule has 1 aromatic heterocycles. The average Bonchev–Trinajstić information content (AvgIpc) is 2.84. The summed E-state index contributed by atoms with van der Waals surface area (Å²) in [5, 5.41) is 2.88. The van der Waals surface area contributed by atoms with E-state index in [1.807, 2.05) is 29.6 Å². The zero-order valence-corrected chi connectivity index (χ0v) is 13.1. The molecular weight excluding hydrogens is 290 g/mol. The molecule has 0 aliphatic heterocycles. The number of carbonyl (C=O) groups excluding carboxylic acids is 1. The minimum atomic E-state index is 0.0781. The summed E-state index contributed by atoms with van der Waals surface area (Å²) in [6, 6.07) is 7.80. The molecule has 0 saturated carbocycles. The van der Waals surface area contributed by atoms with Crippen LogP contribution in [0.2, 0.25) is 0 Å². The number of hydrogen-bond donors (Lipinski definition) is 1. The molecule has 0 aliphatic carbocycles. The maximum absolute atomic E-state index is 11.6. The molecule has 1 aromatic carbocycles. The van der Waals surface area contributed by atoms with Gasteiger partial charge in [-0.25, -0.2) is 4.98 Å². The number of thioether (sulfide) groups is 1. The Bertz CT molecular complexity index is 596. The Morgan fingerprint density at radius 1 is 1.45 bits per heavy atom. The van der Waals surface area contributed by atoms with Crippen molar-refractivity contribution in [3.05, 3.63) is 40.3 Å². The normalized spacial score (nSPS) is 10.5. The number of thiazole rings is 1. The molecule has 20 heavy (non-hydrogen) atoms. The van der Waals surface area contributed by atoms with E-state index in [0.717, 1.165) is 27.0 Å². The number of nitrogens with zero attached hydrogens (tertiary/aromatic N) is 2. The molecule has 0 saturated heterocycles. The lowest BCUT2D eigenvalue weighted by molar-refractivity contribution is -0.127. The van der Waals surface area contributed by atoms with Gasteiger partial charge in [0.25, 0.3) is 0 Å². The van der Waals surface area contributed by atoms with Crippen LogP contribution in [0.25, 0.3) is 0 Å². The van der Waals surface area contributed by atoms with Crippen LogP contribution in [-0.4, -0.2) is 29.9 Å². The molecule has 0 radical (unpaired) electrons. The predicted molar refractivity (Wildman–Crippen MR) is 84.9 cm³/mol. The molecule has 6 heteroatoms. The number of amides is 1. The van der Waals surface area contributed by atoms with Crippen LogP contribution in [0.5, 0.6) is 0 Å². The van der Waals surface area contributed by atoms with Gasteiger partial charge in [0.05, 0.1) is 12.1 Å². The lowest BCUT2D eigenvalue weighted by atomic mass is 10.3. The van der Waals surface area contributed by atoms with Gasteiger partial charge in [-0.2, -0.15) is 0 Å². The van der Waals surface area contributed by atoms with Gasteiger partial charge < -0.3 is 10.6 Å². The minimum Gasteiger partial charge on any atom is -0.399 e. The van der Waals surface area contributed by atoms with Crippen molar-refractivity contribution in [3.8, 4) is 0 Å². The van der Waals surface area contributed by atoms with Crippen LogP contribution < -0.4 is 5.73 Å². The topological polar surface area (TPSA) is 59.2 Å². The van der Waals surface area contributed by atoms with E-state index in [1.165, 1.54) is 11.3 Å². The second-order valence-corrected chi connectivity index (χ2v) is 6.55. The highest BCUT2D eigenvalue weighted by atomic mass is 32.2. The van der Waals surface area contributed by atoms with Gasteiger partial charge >= 0.3 is 0 Å². The van der Waals surface area contributed by atoms with Crippen LogP contribution in [-0.2, 0) is 17.0 Å².